The van der Waals surface area contributed by atoms with Gasteiger partial charge in [0.1, 0.15) is 5.78 Å². The third-order valence-corrected chi connectivity index (χ3v) is 4.17. The fourth-order valence-corrected chi connectivity index (χ4v) is 2.90. The summed E-state index contributed by atoms with van der Waals surface area (Å²) >= 11 is 0. The Kier molecular flexibility index (Phi) is 3.55. The lowest BCUT2D eigenvalue weighted by molar-refractivity contribution is -0.120. The molecule has 0 amide bonds. The number of anilines is 1. The quantitative estimate of drug-likeness (QED) is 0.828. The van der Waals surface area contributed by atoms with E-state index < -0.39 is 0 Å². The van der Waals surface area contributed by atoms with Crippen LogP contribution < -0.4 is 5.73 Å². The van der Waals surface area contributed by atoms with Crippen LogP contribution in [0.1, 0.15) is 37.2 Å². The van der Waals surface area contributed by atoms with E-state index in [1.54, 1.807) is 0 Å². The van der Waals surface area contributed by atoms with Crippen molar-refractivity contribution in [3.8, 4) is 11.1 Å². The van der Waals surface area contributed by atoms with Crippen LogP contribution in [0.3, 0.4) is 0 Å². The summed E-state index contributed by atoms with van der Waals surface area (Å²) in [5.41, 5.74) is 10.3. The monoisotopic (exact) mass is 265 g/mol. The molecular weight excluding hydrogens is 246 g/mol. The van der Waals surface area contributed by atoms with Crippen LogP contribution in [0.15, 0.2) is 48.5 Å². The van der Waals surface area contributed by atoms with Crippen molar-refractivity contribution in [3.63, 3.8) is 0 Å². The average Bonchev–Trinajstić information content (AvgIpc) is 2.49. The second-order valence-electron chi connectivity index (χ2n) is 5.56. The fourth-order valence-electron chi connectivity index (χ4n) is 2.90. The number of rotatable bonds is 2. The van der Waals surface area contributed by atoms with Gasteiger partial charge >= 0.3 is 0 Å². The van der Waals surface area contributed by atoms with Crippen LogP contribution in [0.2, 0.25) is 0 Å². The standard InChI is InChI=1S/C18H19NO/c19-17-9-5-15(6-10-17)13-1-3-14(4-2-13)16-7-11-18(20)12-8-16/h1-6,9-10,16H,7-8,11-12,19H2. The molecule has 0 radical (unpaired) electrons. The molecule has 0 saturated heterocycles. The van der Waals surface area contributed by atoms with Crippen LogP contribution in [0, 0.1) is 0 Å². The molecule has 0 unspecified atom stereocenters. The Morgan fingerprint density at radius 3 is 1.85 bits per heavy atom. The first-order valence-electron chi connectivity index (χ1n) is 7.20. The van der Waals surface area contributed by atoms with Crippen molar-refractivity contribution < 1.29 is 4.79 Å². The number of benzene rings is 2. The van der Waals surface area contributed by atoms with Crippen LogP contribution >= 0.6 is 0 Å². The van der Waals surface area contributed by atoms with Gasteiger partial charge in [-0.2, -0.15) is 0 Å². The van der Waals surface area contributed by atoms with Gasteiger partial charge < -0.3 is 5.73 Å². The predicted octanol–water partition coefficient (Wildman–Crippen LogP) is 4.16. The molecule has 0 aromatic heterocycles. The maximum absolute atomic E-state index is 11.3. The number of ketones is 1. The highest BCUT2D eigenvalue weighted by Crippen LogP contribution is 2.32. The maximum Gasteiger partial charge on any atom is 0.132 e. The second kappa shape index (κ2) is 5.49. The van der Waals surface area contributed by atoms with E-state index in [0.717, 1.165) is 31.4 Å². The van der Waals surface area contributed by atoms with Gasteiger partial charge in [-0.3, -0.25) is 4.79 Å². The van der Waals surface area contributed by atoms with Gasteiger partial charge in [-0.25, -0.2) is 0 Å². The van der Waals surface area contributed by atoms with E-state index in [2.05, 4.69) is 24.3 Å². The van der Waals surface area contributed by atoms with Gasteiger partial charge in [0.05, 0.1) is 0 Å². The molecule has 2 nitrogen and oxygen atoms in total. The van der Waals surface area contributed by atoms with Crippen LogP contribution in [0.4, 0.5) is 5.69 Å². The molecule has 1 fully saturated rings. The number of Topliss-reactive ketones (excluding diaryl/α,β-unsaturated/α-hetero) is 1. The molecule has 0 bridgehead atoms. The van der Waals surface area contributed by atoms with Crippen molar-refractivity contribution in [3.05, 3.63) is 54.1 Å². The molecule has 0 spiro atoms. The molecule has 0 heterocycles. The fraction of sp³-hybridized carbons (Fsp3) is 0.278. The van der Waals surface area contributed by atoms with E-state index in [0.29, 0.717) is 11.7 Å². The van der Waals surface area contributed by atoms with Crippen LogP contribution in [-0.4, -0.2) is 5.78 Å². The highest BCUT2D eigenvalue weighted by Gasteiger charge is 2.19. The molecule has 1 aliphatic rings. The summed E-state index contributed by atoms with van der Waals surface area (Å²) in [5.74, 6) is 0.966. The summed E-state index contributed by atoms with van der Waals surface area (Å²) in [7, 11) is 0. The molecule has 0 atom stereocenters. The molecule has 102 valence electrons. The Balaban J connectivity index is 1.77. The first-order valence-corrected chi connectivity index (χ1v) is 7.20. The minimum absolute atomic E-state index is 0.416. The van der Waals surface area contributed by atoms with Crippen molar-refractivity contribution in [2.75, 3.05) is 5.73 Å². The maximum atomic E-state index is 11.3. The summed E-state index contributed by atoms with van der Waals surface area (Å²) in [6.45, 7) is 0. The lowest BCUT2D eigenvalue weighted by Crippen LogP contribution is -2.12. The van der Waals surface area contributed by atoms with Gasteiger partial charge in [0.2, 0.25) is 0 Å². The van der Waals surface area contributed by atoms with Gasteiger partial charge in [-0.05, 0) is 47.6 Å². The van der Waals surface area contributed by atoms with Gasteiger partial charge in [0.15, 0.2) is 0 Å². The highest BCUT2D eigenvalue weighted by molar-refractivity contribution is 5.79. The van der Waals surface area contributed by atoms with Crippen molar-refractivity contribution in [2.24, 2.45) is 0 Å². The Morgan fingerprint density at radius 1 is 0.800 bits per heavy atom. The third-order valence-electron chi connectivity index (χ3n) is 4.17. The molecule has 20 heavy (non-hydrogen) atoms. The van der Waals surface area contributed by atoms with Crippen molar-refractivity contribution in [1.29, 1.82) is 0 Å². The van der Waals surface area contributed by atoms with Crippen molar-refractivity contribution in [1.82, 2.24) is 0 Å². The SMILES string of the molecule is Nc1ccc(-c2ccc(C3CCC(=O)CC3)cc2)cc1. The van der Waals surface area contributed by atoms with E-state index in [-0.39, 0.29) is 0 Å². The van der Waals surface area contributed by atoms with Crippen LogP contribution in [-0.2, 0) is 4.79 Å². The Morgan fingerprint density at radius 2 is 1.30 bits per heavy atom. The average molecular weight is 265 g/mol. The first kappa shape index (κ1) is 12.9. The lowest BCUT2D eigenvalue weighted by Gasteiger charge is -2.21. The summed E-state index contributed by atoms with van der Waals surface area (Å²) in [6, 6.07) is 16.7. The normalized spacial score (nSPS) is 16.3. The largest absolute Gasteiger partial charge is 0.399 e. The Labute approximate surface area is 119 Å². The number of carbonyl (C=O) groups excluding carboxylic acids is 1. The molecule has 2 heteroatoms. The molecule has 2 aromatic carbocycles. The summed E-state index contributed by atoms with van der Waals surface area (Å²) < 4.78 is 0. The Hall–Kier alpha value is -2.09. The molecular formula is C18H19NO. The second-order valence-corrected chi connectivity index (χ2v) is 5.56. The number of nitrogens with two attached hydrogens (primary N) is 1. The zero-order chi connectivity index (χ0) is 13.9. The predicted molar refractivity (Wildman–Crippen MR) is 82.5 cm³/mol. The number of nitrogen functional groups attached to an aromatic ring is 1. The van der Waals surface area contributed by atoms with Crippen molar-refractivity contribution in [2.45, 2.75) is 31.6 Å². The molecule has 3 rings (SSSR count). The van der Waals surface area contributed by atoms with E-state index in [1.165, 1.54) is 16.7 Å². The zero-order valence-electron chi connectivity index (χ0n) is 11.5. The molecule has 2 N–H and O–H groups in total. The number of hydrogen-bond donors (Lipinski definition) is 1. The van der Waals surface area contributed by atoms with E-state index in [9.17, 15) is 4.79 Å². The first-order chi connectivity index (χ1) is 9.72. The van der Waals surface area contributed by atoms with Crippen molar-refractivity contribution >= 4 is 11.5 Å². The van der Waals surface area contributed by atoms with Gasteiger partial charge in [0.25, 0.3) is 0 Å². The minimum atomic E-state index is 0.416. The van der Waals surface area contributed by atoms with Gasteiger partial charge in [0, 0.05) is 18.5 Å². The third kappa shape index (κ3) is 2.74. The van der Waals surface area contributed by atoms with Crippen LogP contribution in [0.25, 0.3) is 11.1 Å². The van der Waals surface area contributed by atoms with E-state index in [4.69, 9.17) is 5.73 Å². The summed E-state index contributed by atoms with van der Waals surface area (Å²) in [4.78, 5) is 11.3. The summed E-state index contributed by atoms with van der Waals surface area (Å²) in [6.07, 6.45) is 3.48. The lowest BCUT2D eigenvalue weighted by atomic mass is 9.83. The number of hydrogen-bond acceptors (Lipinski definition) is 2. The van der Waals surface area contributed by atoms with Crippen LogP contribution in [0.5, 0.6) is 0 Å². The van der Waals surface area contributed by atoms with Gasteiger partial charge in [-0.15, -0.1) is 0 Å². The topological polar surface area (TPSA) is 43.1 Å². The van der Waals surface area contributed by atoms with E-state index >= 15 is 0 Å². The highest BCUT2D eigenvalue weighted by atomic mass is 16.1. The molecule has 2 aromatic rings. The summed E-state index contributed by atoms with van der Waals surface area (Å²) in [5, 5.41) is 0. The molecule has 1 aliphatic carbocycles. The van der Waals surface area contributed by atoms with E-state index in [1.807, 2.05) is 24.3 Å². The number of carbonyl (C=O) groups is 1. The minimum Gasteiger partial charge on any atom is -0.399 e. The zero-order valence-corrected chi connectivity index (χ0v) is 11.5. The smallest absolute Gasteiger partial charge is 0.132 e. The van der Waals surface area contributed by atoms with Gasteiger partial charge in [-0.1, -0.05) is 36.4 Å². The molecule has 0 aliphatic heterocycles. The molecule has 1 saturated carbocycles. The Bertz CT molecular complexity index is 588.